The van der Waals surface area contributed by atoms with E-state index in [-0.39, 0.29) is 43.9 Å². The van der Waals surface area contributed by atoms with Gasteiger partial charge in [0, 0.05) is 83.0 Å². The summed E-state index contributed by atoms with van der Waals surface area (Å²) in [6.07, 6.45) is -3.85. The number of ether oxygens (including phenoxy) is 7. The van der Waals surface area contributed by atoms with Gasteiger partial charge in [-0.2, -0.15) is 0 Å². The van der Waals surface area contributed by atoms with Gasteiger partial charge in [0.25, 0.3) is 0 Å². The van der Waals surface area contributed by atoms with Gasteiger partial charge in [-0.05, 0) is 55.5 Å². The van der Waals surface area contributed by atoms with Crippen LogP contribution in [0.3, 0.4) is 0 Å². The van der Waals surface area contributed by atoms with E-state index in [1.165, 1.54) is 14.0 Å². The number of nitrogens with zero attached hydrogens (tertiary/aromatic N) is 1. The minimum absolute atomic E-state index is 0.165. The average Bonchev–Trinajstić information content (AvgIpc) is 3.43. The number of piperidine rings is 1. The van der Waals surface area contributed by atoms with Crippen LogP contribution in [-0.2, 0) is 33.2 Å². The van der Waals surface area contributed by atoms with Gasteiger partial charge >= 0.3 is 11.9 Å². The summed E-state index contributed by atoms with van der Waals surface area (Å²) in [7, 11) is 7.91. The molecule has 50 heavy (non-hydrogen) atoms. The van der Waals surface area contributed by atoms with E-state index in [9.17, 15) is 24.9 Å². The first-order valence-electron chi connectivity index (χ1n) is 17.8. The first kappa shape index (κ1) is 36.0. The van der Waals surface area contributed by atoms with Gasteiger partial charge in [-0.15, -0.1) is 0 Å². The largest absolute Gasteiger partial charge is 0.497 e. The number of aliphatic hydroxyl groups is 3. The molecule has 1 saturated heterocycles. The Balaban J connectivity index is 1.48. The molecule has 1 aromatic rings. The number of fused-ring (bicyclic) bond motifs is 3. The fourth-order valence-electron chi connectivity index (χ4n) is 13.0. The summed E-state index contributed by atoms with van der Waals surface area (Å²) in [5, 5.41) is 37.9. The zero-order chi connectivity index (χ0) is 36.0. The van der Waals surface area contributed by atoms with Gasteiger partial charge in [0.2, 0.25) is 0 Å². The lowest BCUT2D eigenvalue weighted by Crippen LogP contribution is -2.76. The average molecular weight is 704 g/mol. The molecule has 13 heteroatoms. The summed E-state index contributed by atoms with van der Waals surface area (Å²) in [5.41, 5.74) is -4.52. The van der Waals surface area contributed by atoms with Gasteiger partial charge in [0.05, 0.1) is 44.2 Å². The highest BCUT2D eigenvalue weighted by atomic mass is 16.6. The number of aliphatic hydroxyl groups excluding tert-OH is 2. The SMILES string of the molecule is CCN1CC2(COC)C(O)CC(OC)C34C5C6CC(O)(C5COC(=O)c5ccc(OC)cc5)C(OC)C(O)C(OC(C)=O)(C6)C(C(OC)C23)C14. The molecule has 7 rings (SSSR count). The van der Waals surface area contributed by atoms with Crippen molar-refractivity contribution in [2.24, 2.45) is 40.4 Å². The maximum Gasteiger partial charge on any atom is 0.338 e. The monoisotopic (exact) mass is 703 g/mol. The van der Waals surface area contributed by atoms with Crippen LogP contribution in [0.5, 0.6) is 5.75 Å². The summed E-state index contributed by atoms with van der Waals surface area (Å²) < 4.78 is 42.9. The van der Waals surface area contributed by atoms with Gasteiger partial charge in [0.1, 0.15) is 29.2 Å². The third-order valence-corrected chi connectivity index (χ3v) is 14.1. The van der Waals surface area contributed by atoms with E-state index < -0.39 is 82.2 Å². The Morgan fingerprint density at radius 1 is 0.980 bits per heavy atom. The maximum atomic E-state index is 13.6. The van der Waals surface area contributed by atoms with Crippen molar-refractivity contribution in [3.63, 3.8) is 0 Å². The zero-order valence-corrected chi connectivity index (χ0v) is 30.1. The molecule has 0 aromatic heterocycles. The lowest BCUT2D eigenvalue weighted by molar-refractivity contribution is -0.286. The van der Waals surface area contributed by atoms with Gasteiger partial charge < -0.3 is 48.5 Å². The molecule has 0 amide bonds. The molecule has 1 aliphatic heterocycles. The molecule has 15 atom stereocenters. The summed E-state index contributed by atoms with van der Waals surface area (Å²) in [6.45, 7) is 4.54. The predicted molar refractivity (Wildman–Crippen MR) is 176 cm³/mol. The molecule has 8 bridgehead atoms. The molecule has 1 spiro atoms. The van der Waals surface area contributed by atoms with Crippen molar-refractivity contribution in [2.45, 2.75) is 80.9 Å². The highest BCUT2D eigenvalue weighted by molar-refractivity contribution is 5.89. The Morgan fingerprint density at radius 2 is 1.70 bits per heavy atom. The van der Waals surface area contributed by atoms with Gasteiger partial charge in [-0.3, -0.25) is 9.69 Å². The summed E-state index contributed by atoms with van der Waals surface area (Å²) >= 11 is 0. The van der Waals surface area contributed by atoms with Crippen LogP contribution >= 0.6 is 0 Å². The number of carbonyl (C=O) groups is 2. The van der Waals surface area contributed by atoms with Crippen molar-refractivity contribution in [1.82, 2.24) is 4.90 Å². The van der Waals surface area contributed by atoms with Crippen LogP contribution in [0.2, 0.25) is 0 Å². The van der Waals surface area contributed by atoms with Crippen LogP contribution in [0, 0.1) is 40.4 Å². The molecule has 6 fully saturated rings. The van der Waals surface area contributed by atoms with Crippen LogP contribution in [-0.4, -0.2) is 142 Å². The molecule has 5 aliphatic carbocycles. The smallest absolute Gasteiger partial charge is 0.338 e. The van der Waals surface area contributed by atoms with E-state index in [2.05, 4.69) is 11.8 Å². The molecular weight excluding hydrogens is 650 g/mol. The van der Waals surface area contributed by atoms with Crippen molar-refractivity contribution < 1.29 is 58.1 Å². The van der Waals surface area contributed by atoms with E-state index in [1.807, 2.05) is 0 Å². The summed E-state index contributed by atoms with van der Waals surface area (Å²) in [4.78, 5) is 29.1. The predicted octanol–water partition coefficient (Wildman–Crippen LogP) is 1.29. The molecule has 3 N–H and O–H groups in total. The number of benzene rings is 1. The number of methoxy groups -OCH3 is 5. The van der Waals surface area contributed by atoms with Crippen LogP contribution in [0.4, 0.5) is 0 Å². The number of likely N-dealkylation sites (tertiary alicyclic amines) is 1. The van der Waals surface area contributed by atoms with Crippen molar-refractivity contribution in [2.75, 3.05) is 61.9 Å². The second-order valence-corrected chi connectivity index (χ2v) is 15.6. The Hall–Kier alpha value is -2.36. The molecule has 1 heterocycles. The Morgan fingerprint density at radius 3 is 2.28 bits per heavy atom. The van der Waals surface area contributed by atoms with E-state index >= 15 is 0 Å². The summed E-state index contributed by atoms with van der Waals surface area (Å²) in [6, 6.07) is 6.26. The Bertz CT molecular complexity index is 1460. The number of rotatable bonds is 11. The van der Waals surface area contributed by atoms with E-state index in [4.69, 9.17) is 33.2 Å². The first-order chi connectivity index (χ1) is 23.9. The third-order valence-electron chi connectivity index (χ3n) is 14.1. The minimum Gasteiger partial charge on any atom is -0.497 e. The number of hydrogen-bond donors (Lipinski definition) is 3. The molecule has 15 unspecified atom stereocenters. The first-order valence-corrected chi connectivity index (χ1v) is 17.8. The molecule has 6 aliphatic rings. The minimum atomic E-state index is -1.68. The van der Waals surface area contributed by atoms with E-state index in [0.717, 1.165) is 0 Å². The van der Waals surface area contributed by atoms with Crippen LogP contribution in [0.25, 0.3) is 0 Å². The highest BCUT2D eigenvalue weighted by Crippen LogP contribution is 2.78. The van der Waals surface area contributed by atoms with Gasteiger partial charge in [0.15, 0.2) is 0 Å². The van der Waals surface area contributed by atoms with Crippen LogP contribution < -0.4 is 4.74 Å². The second-order valence-electron chi connectivity index (χ2n) is 15.6. The summed E-state index contributed by atoms with van der Waals surface area (Å²) in [5.74, 6) is -2.93. The standard InChI is InChI=1S/C37H53NO12/c1-8-38-17-34(18-44-3)24(40)13-25(46-5)37-26-21-14-35(43,23(26)16-49-33(42)20-9-11-22(45-4)12-10-20)32(48-7)31(41)36(15-21,50-19(2)39)27(30(37)38)28(47-6)29(34)37/h9-12,21,23-32,40-41,43H,8,13-18H2,1-7H3. The van der Waals surface area contributed by atoms with Gasteiger partial charge in [-0.25, -0.2) is 4.79 Å². The van der Waals surface area contributed by atoms with Crippen LogP contribution in [0.1, 0.15) is 43.5 Å². The molecule has 5 saturated carbocycles. The Labute approximate surface area is 293 Å². The number of hydrogen-bond acceptors (Lipinski definition) is 13. The van der Waals surface area contributed by atoms with Crippen LogP contribution in [0.15, 0.2) is 24.3 Å². The van der Waals surface area contributed by atoms with E-state index in [1.54, 1.807) is 52.7 Å². The molecule has 278 valence electrons. The molecule has 13 nitrogen and oxygen atoms in total. The fourth-order valence-corrected chi connectivity index (χ4v) is 13.0. The second kappa shape index (κ2) is 12.6. The molecular formula is C37H53NO12. The number of carbonyl (C=O) groups excluding carboxylic acids is 2. The Kier molecular flexibility index (Phi) is 9.11. The van der Waals surface area contributed by atoms with Crippen molar-refractivity contribution in [3.8, 4) is 5.75 Å². The van der Waals surface area contributed by atoms with Gasteiger partial charge in [-0.1, -0.05) is 6.92 Å². The normalized spacial score (nSPS) is 47.0. The zero-order valence-electron chi connectivity index (χ0n) is 30.1. The van der Waals surface area contributed by atoms with Crippen molar-refractivity contribution >= 4 is 11.9 Å². The lowest BCUT2D eigenvalue weighted by atomic mass is 9.44. The van der Waals surface area contributed by atoms with Crippen molar-refractivity contribution in [3.05, 3.63) is 29.8 Å². The van der Waals surface area contributed by atoms with E-state index in [0.29, 0.717) is 30.8 Å². The highest BCUT2D eigenvalue weighted by Gasteiger charge is 2.87. The lowest BCUT2D eigenvalue weighted by Gasteiger charge is -2.68. The quantitative estimate of drug-likeness (QED) is 0.283. The maximum absolute atomic E-state index is 13.6. The number of esters is 2. The molecule has 1 aromatic carbocycles. The topological polar surface area (TPSA) is 163 Å². The fraction of sp³-hybridized carbons (Fsp3) is 0.784. The third kappa shape index (κ3) is 4.47. The van der Waals surface area contributed by atoms with Crippen molar-refractivity contribution in [1.29, 1.82) is 0 Å². The molecule has 0 radical (unpaired) electrons.